The van der Waals surface area contributed by atoms with Gasteiger partial charge in [0.25, 0.3) is 0 Å². The van der Waals surface area contributed by atoms with E-state index in [1.807, 2.05) is 29.5 Å². The van der Waals surface area contributed by atoms with Crippen LogP contribution >= 0.6 is 11.3 Å². The summed E-state index contributed by atoms with van der Waals surface area (Å²) >= 11 is 1.82. The Morgan fingerprint density at radius 2 is 2.04 bits per heavy atom. The number of hydrogen-bond donors (Lipinski definition) is 1. The first-order valence-corrected chi connectivity index (χ1v) is 9.51. The van der Waals surface area contributed by atoms with E-state index >= 15 is 0 Å². The number of aryl methyl sites for hydroxylation is 1. The van der Waals surface area contributed by atoms with Crippen molar-refractivity contribution in [2.24, 2.45) is 5.92 Å². The molecular weight excluding hydrogens is 334 g/mol. The molecule has 1 aliphatic heterocycles. The van der Waals surface area contributed by atoms with Crippen molar-refractivity contribution in [1.29, 1.82) is 0 Å². The molecule has 0 amide bonds. The van der Waals surface area contributed by atoms with Gasteiger partial charge in [0.2, 0.25) is 0 Å². The van der Waals surface area contributed by atoms with Crippen LogP contribution in [-0.2, 0) is 12.8 Å². The molecule has 0 radical (unpaired) electrons. The van der Waals surface area contributed by atoms with Gasteiger partial charge in [-0.25, -0.2) is 9.97 Å². The lowest BCUT2D eigenvalue weighted by Gasteiger charge is -2.20. The maximum absolute atomic E-state index is 5.68. The Balaban J connectivity index is 1.55. The molecule has 1 aromatic carbocycles. The van der Waals surface area contributed by atoms with Gasteiger partial charge >= 0.3 is 0 Å². The minimum atomic E-state index is 0.588. The van der Waals surface area contributed by atoms with Crippen LogP contribution in [0.1, 0.15) is 23.8 Å². The van der Waals surface area contributed by atoms with E-state index in [0.717, 1.165) is 46.6 Å². The Hall–Kier alpha value is -2.34. The number of nitrogens with zero attached hydrogens (tertiary/aromatic N) is 2. The molecule has 3 heterocycles. The van der Waals surface area contributed by atoms with Gasteiger partial charge in [0.15, 0.2) is 11.5 Å². The summed E-state index contributed by atoms with van der Waals surface area (Å²) in [6, 6.07) is 5.92. The lowest BCUT2D eigenvalue weighted by molar-refractivity contribution is 0.171. The van der Waals surface area contributed by atoms with E-state index in [2.05, 4.69) is 22.2 Å². The fourth-order valence-electron chi connectivity index (χ4n) is 3.63. The Morgan fingerprint density at radius 1 is 1.16 bits per heavy atom. The van der Waals surface area contributed by atoms with E-state index in [1.165, 1.54) is 22.2 Å². The molecule has 0 saturated carbocycles. The van der Waals surface area contributed by atoms with Crippen molar-refractivity contribution >= 4 is 33.1 Å². The van der Waals surface area contributed by atoms with Gasteiger partial charge in [-0.15, -0.1) is 11.3 Å². The van der Waals surface area contributed by atoms with Crippen molar-refractivity contribution in [3.8, 4) is 11.5 Å². The zero-order valence-electron chi connectivity index (χ0n) is 14.0. The molecule has 0 fully saturated rings. The third-order valence-electron chi connectivity index (χ3n) is 4.90. The Labute approximate surface area is 150 Å². The summed E-state index contributed by atoms with van der Waals surface area (Å²) in [5.41, 5.74) is 2.38. The van der Waals surface area contributed by atoms with Crippen LogP contribution in [0.2, 0.25) is 0 Å². The van der Waals surface area contributed by atoms with Crippen molar-refractivity contribution in [3.05, 3.63) is 35.0 Å². The Kier molecular flexibility index (Phi) is 3.52. The van der Waals surface area contributed by atoms with E-state index in [1.54, 1.807) is 6.33 Å². The molecule has 5 nitrogen and oxygen atoms in total. The number of rotatable bonds is 2. The smallest absolute Gasteiger partial charge is 0.163 e. The van der Waals surface area contributed by atoms with Crippen LogP contribution in [0, 0.1) is 5.92 Å². The lowest BCUT2D eigenvalue weighted by Crippen LogP contribution is -2.15. The number of fused-ring (bicyclic) bond motifs is 4. The molecule has 1 atom stereocenters. The molecule has 0 bridgehead atoms. The third kappa shape index (κ3) is 2.61. The molecule has 0 spiro atoms. The van der Waals surface area contributed by atoms with E-state index in [4.69, 9.17) is 9.47 Å². The predicted molar refractivity (Wildman–Crippen MR) is 99.3 cm³/mol. The summed E-state index contributed by atoms with van der Waals surface area (Å²) in [7, 11) is 0. The van der Waals surface area contributed by atoms with Crippen LogP contribution in [0.15, 0.2) is 24.5 Å². The van der Waals surface area contributed by atoms with Gasteiger partial charge in [0.05, 0.1) is 5.39 Å². The van der Waals surface area contributed by atoms with Gasteiger partial charge in [0, 0.05) is 16.6 Å². The van der Waals surface area contributed by atoms with Crippen molar-refractivity contribution < 1.29 is 9.47 Å². The monoisotopic (exact) mass is 353 g/mol. The highest BCUT2D eigenvalue weighted by molar-refractivity contribution is 7.19. The van der Waals surface area contributed by atoms with Gasteiger partial charge in [-0.2, -0.15) is 0 Å². The van der Waals surface area contributed by atoms with Crippen molar-refractivity contribution in [3.63, 3.8) is 0 Å². The highest BCUT2D eigenvalue weighted by Crippen LogP contribution is 2.41. The molecule has 6 heteroatoms. The van der Waals surface area contributed by atoms with Gasteiger partial charge in [-0.1, -0.05) is 6.92 Å². The normalized spacial score (nSPS) is 18.8. The van der Waals surface area contributed by atoms with Gasteiger partial charge < -0.3 is 14.8 Å². The van der Waals surface area contributed by atoms with Crippen molar-refractivity contribution in [1.82, 2.24) is 9.97 Å². The van der Waals surface area contributed by atoms with Crippen LogP contribution in [0.5, 0.6) is 11.5 Å². The number of anilines is 2. The fourth-order valence-corrected chi connectivity index (χ4v) is 4.98. The topological polar surface area (TPSA) is 56.3 Å². The largest absolute Gasteiger partial charge is 0.486 e. The van der Waals surface area contributed by atoms with E-state index in [9.17, 15) is 0 Å². The minimum Gasteiger partial charge on any atom is -0.486 e. The zero-order valence-corrected chi connectivity index (χ0v) is 14.9. The summed E-state index contributed by atoms with van der Waals surface area (Å²) in [5.74, 6) is 3.21. The standard InChI is InChI=1S/C19H19N3O2S/c1-11-2-4-13-16(8-11)25-19-17(13)18(20-10-21-19)22-12-3-5-14-15(9-12)24-7-6-23-14/h3,5,9-11H,2,4,6-8H2,1H3,(H,20,21,22)/t11-/m1/s1. The lowest BCUT2D eigenvalue weighted by atomic mass is 9.89. The second-order valence-electron chi connectivity index (χ2n) is 6.74. The number of benzene rings is 1. The van der Waals surface area contributed by atoms with Crippen LogP contribution in [0.3, 0.4) is 0 Å². The van der Waals surface area contributed by atoms with E-state index < -0.39 is 0 Å². The average Bonchev–Trinajstić information content (AvgIpc) is 3.00. The molecule has 2 aromatic heterocycles. The summed E-state index contributed by atoms with van der Waals surface area (Å²) in [6.45, 7) is 3.52. The Bertz CT molecular complexity index is 953. The minimum absolute atomic E-state index is 0.588. The number of aromatic nitrogens is 2. The van der Waals surface area contributed by atoms with Crippen LogP contribution in [-0.4, -0.2) is 23.2 Å². The SMILES string of the molecule is C[C@@H]1CCc2c(sc3ncnc(Nc4ccc5c(c4)OCCO5)c23)C1. The maximum Gasteiger partial charge on any atom is 0.163 e. The second kappa shape index (κ2) is 5.88. The van der Waals surface area contributed by atoms with E-state index in [0.29, 0.717) is 13.2 Å². The highest BCUT2D eigenvalue weighted by Gasteiger charge is 2.23. The first-order valence-electron chi connectivity index (χ1n) is 8.70. The molecule has 0 unspecified atom stereocenters. The summed E-state index contributed by atoms with van der Waals surface area (Å²) in [5, 5.41) is 4.65. The van der Waals surface area contributed by atoms with E-state index in [-0.39, 0.29) is 0 Å². The van der Waals surface area contributed by atoms with Gasteiger partial charge in [-0.3, -0.25) is 0 Å². The summed E-state index contributed by atoms with van der Waals surface area (Å²) < 4.78 is 11.3. The molecule has 3 aromatic rings. The molecule has 1 aliphatic carbocycles. The zero-order chi connectivity index (χ0) is 16.8. The van der Waals surface area contributed by atoms with Crippen molar-refractivity contribution in [2.75, 3.05) is 18.5 Å². The number of thiophene rings is 1. The first kappa shape index (κ1) is 15.0. The molecule has 25 heavy (non-hydrogen) atoms. The van der Waals surface area contributed by atoms with Crippen LogP contribution in [0.4, 0.5) is 11.5 Å². The van der Waals surface area contributed by atoms with Gasteiger partial charge in [-0.05, 0) is 42.9 Å². The highest BCUT2D eigenvalue weighted by atomic mass is 32.1. The van der Waals surface area contributed by atoms with Gasteiger partial charge in [0.1, 0.15) is 30.2 Å². The number of hydrogen-bond acceptors (Lipinski definition) is 6. The molecule has 5 rings (SSSR count). The summed E-state index contributed by atoms with van der Waals surface area (Å²) in [4.78, 5) is 11.6. The molecular formula is C19H19N3O2S. The molecule has 0 saturated heterocycles. The number of nitrogens with one attached hydrogen (secondary N) is 1. The van der Waals surface area contributed by atoms with Crippen LogP contribution in [0.25, 0.3) is 10.2 Å². The predicted octanol–water partition coefficient (Wildman–Crippen LogP) is 4.33. The Morgan fingerprint density at radius 3 is 2.96 bits per heavy atom. The fraction of sp³-hybridized carbons (Fsp3) is 0.368. The molecule has 1 N–H and O–H groups in total. The summed E-state index contributed by atoms with van der Waals surface area (Å²) in [6.07, 6.45) is 5.14. The third-order valence-corrected chi connectivity index (χ3v) is 6.06. The number of ether oxygens (including phenoxy) is 2. The molecule has 2 aliphatic rings. The first-order chi connectivity index (χ1) is 12.3. The van der Waals surface area contributed by atoms with Crippen LogP contribution < -0.4 is 14.8 Å². The second-order valence-corrected chi connectivity index (χ2v) is 7.82. The maximum atomic E-state index is 5.68. The molecule has 128 valence electrons. The average molecular weight is 353 g/mol. The quantitative estimate of drug-likeness (QED) is 0.743. The van der Waals surface area contributed by atoms with Crippen molar-refractivity contribution in [2.45, 2.75) is 26.2 Å².